The Bertz CT molecular complexity index is 609. The van der Waals surface area contributed by atoms with Gasteiger partial charge in [0.25, 0.3) is 0 Å². The third-order valence-corrected chi connectivity index (χ3v) is 4.44. The highest BCUT2D eigenvalue weighted by Crippen LogP contribution is 2.41. The molecule has 0 spiro atoms. The summed E-state index contributed by atoms with van der Waals surface area (Å²) in [6.45, 7) is 6.33. The number of hydrogen-bond donors (Lipinski definition) is 1. The minimum absolute atomic E-state index is 0.176. The van der Waals surface area contributed by atoms with Crippen molar-refractivity contribution >= 4 is 16.5 Å². The van der Waals surface area contributed by atoms with E-state index < -0.39 is 0 Å². The minimum atomic E-state index is -0.176. The van der Waals surface area contributed by atoms with Gasteiger partial charge < -0.3 is 10.1 Å². The van der Waals surface area contributed by atoms with Crippen LogP contribution in [0.15, 0.2) is 24.3 Å². The van der Waals surface area contributed by atoms with E-state index in [0.717, 1.165) is 28.7 Å². The molecule has 1 aliphatic rings. The summed E-state index contributed by atoms with van der Waals surface area (Å²) in [5.74, 6) is 0.960. The quantitative estimate of drug-likeness (QED) is 0.933. The molecule has 3 rings (SSSR count). The minimum Gasteiger partial charge on any atom is -0.487 e. The number of nitrogens with zero attached hydrogens (tertiary/aromatic N) is 2. The van der Waals surface area contributed by atoms with Gasteiger partial charge in [-0.05, 0) is 26.3 Å². The van der Waals surface area contributed by atoms with E-state index in [9.17, 15) is 0 Å². The van der Waals surface area contributed by atoms with E-state index >= 15 is 0 Å². The van der Waals surface area contributed by atoms with Crippen LogP contribution < -0.4 is 10.1 Å². The van der Waals surface area contributed by atoms with Crippen molar-refractivity contribution in [2.75, 3.05) is 5.32 Å². The number of hydrogen-bond acceptors (Lipinski definition) is 5. The first-order valence-electron chi connectivity index (χ1n) is 6.94. The molecule has 1 aromatic carbocycles. The number of aromatic nitrogens is 2. The van der Waals surface area contributed by atoms with Crippen LogP contribution in [0.4, 0.5) is 5.13 Å². The van der Waals surface area contributed by atoms with Crippen molar-refractivity contribution in [3.8, 4) is 5.75 Å². The van der Waals surface area contributed by atoms with Crippen LogP contribution in [0.3, 0.4) is 0 Å². The third kappa shape index (κ3) is 2.63. The van der Waals surface area contributed by atoms with Gasteiger partial charge in [0.15, 0.2) is 0 Å². The van der Waals surface area contributed by atoms with Crippen molar-refractivity contribution in [1.82, 2.24) is 10.2 Å². The molecule has 1 aliphatic heterocycles. The van der Waals surface area contributed by atoms with Crippen LogP contribution >= 0.6 is 11.3 Å². The first-order valence-corrected chi connectivity index (χ1v) is 7.76. The molecule has 0 saturated carbocycles. The van der Waals surface area contributed by atoms with Crippen molar-refractivity contribution in [1.29, 1.82) is 0 Å². The van der Waals surface area contributed by atoms with Crippen LogP contribution in [0.25, 0.3) is 0 Å². The first-order chi connectivity index (χ1) is 9.57. The van der Waals surface area contributed by atoms with Gasteiger partial charge in [0.1, 0.15) is 16.4 Å². The summed E-state index contributed by atoms with van der Waals surface area (Å²) >= 11 is 1.63. The second-order valence-electron chi connectivity index (χ2n) is 5.66. The Balaban J connectivity index is 1.88. The number of fused-ring (bicyclic) bond motifs is 1. The zero-order valence-electron chi connectivity index (χ0n) is 12.0. The molecular formula is C15H19N3OS. The van der Waals surface area contributed by atoms with Gasteiger partial charge in [0.05, 0.1) is 6.04 Å². The number of ether oxygens (including phenoxy) is 1. The van der Waals surface area contributed by atoms with Crippen LogP contribution in [0, 0.1) is 0 Å². The van der Waals surface area contributed by atoms with Gasteiger partial charge >= 0.3 is 0 Å². The zero-order chi connectivity index (χ0) is 14.2. The summed E-state index contributed by atoms with van der Waals surface area (Å²) in [6, 6.07) is 8.42. The molecule has 5 heteroatoms. The SMILES string of the molecule is CCc1nnc(NC2CC(C)(C)Oc3ccccc32)s1. The number of anilines is 1. The fourth-order valence-corrected chi connectivity index (χ4v) is 3.27. The molecule has 20 heavy (non-hydrogen) atoms. The molecule has 0 radical (unpaired) electrons. The Labute approximate surface area is 123 Å². The predicted octanol–water partition coefficient (Wildman–Crippen LogP) is 3.81. The molecule has 0 fully saturated rings. The lowest BCUT2D eigenvalue weighted by molar-refractivity contribution is 0.0759. The van der Waals surface area contributed by atoms with Gasteiger partial charge in [-0.1, -0.05) is 36.5 Å². The van der Waals surface area contributed by atoms with E-state index in [1.54, 1.807) is 11.3 Å². The van der Waals surface area contributed by atoms with Crippen LogP contribution in [0.5, 0.6) is 5.75 Å². The van der Waals surface area contributed by atoms with E-state index in [1.165, 1.54) is 5.56 Å². The summed E-state index contributed by atoms with van der Waals surface area (Å²) in [7, 11) is 0. The second-order valence-corrected chi connectivity index (χ2v) is 6.72. The van der Waals surface area contributed by atoms with E-state index in [4.69, 9.17) is 4.74 Å². The molecular weight excluding hydrogens is 270 g/mol. The number of aryl methyl sites for hydroxylation is 1. The summed E-state index contributed by atoms with van der Waals surface area (Å²) in [6.07, 6.45) is 1.83. The summed E-state index contributed by atoms with van der Waals surface area (Å²) in [5, 5.41) is 13.8. The Hall–Kier alpha value is -1.62. The highest BCUT2D eigenvalue weighted by atomic mass is 32.1. The van der Waals surface area contributed by atoms with Crippen LogP contribution in [-0.4, -0.2) is 15.8 Å². The lowest BCUT2D eigenvalue weighted by Gasteiger charge is -2.37. The van der Waals surface area contributed by atoms with E-state index in [2.05, 4.69) is 42.4 Å². The maximum atomic E-state index is 6.04. The van der Waals surface area contributed by atoms with Gasteiger partial charge in [-0.15, -0.1) is 10.2 Å². The molecule has 1 N–H and O–H groups in total. The summed E-state index contributed by atoms with van der Waals surface area (Å²) < 4.78 is 6.04. The Morgan fingerprint density at radius 2 is 2.15 bits per heavy atom. The third-order valence-electron chi connectivity index (χ3n) is 3.44. The summed E-state index contributed by atoms with van der Waals surface area (Å²) in [4.78, 5) is 0. The molecule has 1 unspecified atom stereocenters. The molecule has 0 aliphatic carbocycles. The Morgan fingerprint density at radius 1 is 1.35 bits per heavy atom. The fourth-order valence-electron chi connectivity index (χ4n) is 2.53. The van der Waals surface area contributed by atoms with Crippen LogP contribution in [0.1, 0.15) is 43.8 Å². The number of rotatable bonds is 3. The molecule has 1 aromatic heterocycles. The van der Waals surface area contributed by atoms with Crippen molar-refractivity contribution < 1.29 is 4.74 Å². The van der Waals surface area contributed by atoms with Crippen molar-refractivity contribution in [2.24, 2.45) is 0 Å². The first kappa shape index (κ1) is 13.4. The van der Waals surface area contributed by atoms with Crippen molar-refractivity contribution in [3.05, 3.63) is 34.8 Å². The molecule has 0 amide bonds. The van der Waals surface area contributed by atoms with Gasteiger partial charge in [-0.2, -0.15) is 0 Å². The highest BCUT2D eigenvalue weighted by molar-refractivity contribution is 7.15. The number of para-hydroxylation sites is 1. The fraction of sp³-hybridized carbons (Fsp3) is 0.467. The molecule has 4 nitrogen and oxygen atoms in total. The van der Waals surface area contributed by atoms with E-state index in [0.29, 0.717) is 0 Å². The monoisotopic (exact) mass is 289 g/mol. The van der Waals surface area contributed by atoms with Crippen molar-refractivity contribution in [2.45, 2.75) is 45.3 Å². The largest absolute Gasteiger partial charge is 0.487 e. The van der Waals surface area contributed by atoms with Gasteiger partial charge in [0.2, 0.25) is 5.13 Å². The van der Waals surface area contributed by atoms with E-state index in [-0.39, 0.29) is 11.6 Å². The smallest absolute Gasteiger partial charge is 0.206 e. The molecule has 2 aromatic rings. The zero-order valence-corrected chi connectivity index (χ0v) is 12.8. The lowest BCUT2D eigenvalue weighted by Crippen LogP contribution is -2.37. The normalized spacial score (nSPS) is 20.1. The van der Waals surface area contributed by atoms with Gasteiger partial charge in [-0.25, -0.2) is 0 Å². The molecule has 0 saturated heterocycles. The van der Waals surface area contributed by atoms with E-state index in [1.807, 2.05) is 18.2 Å². The Kier molecular flexibility index (Phi) is 3.38. The Morgan fingerprint density at radius 3 is 2.90 bits per heavy atom. The molecule has 1 atom stereocenters. The van der Waals surface area contributed by atoms with Crippen LogP contribution in [0.2, 0.25) is 0 Å². The molecule has 2 heterocycles. The molecule has 0 bridgehead atoms. The number of nitrogens with one attached hydrogen (secondary N) is 1. The highest BCUT2D eigenvalue weighted by Gasteiger charge is 2.33. The second kappa shape index (κ2) is 5.05. The average molecular weight is 289 g/mol. The van der Waals surface area contributed by atoms with Gasteiger partial charge in [0, 0.05) is 12.0 Å². The predicted molar refractivity (Wildman–Crippen MR) is 81.4 cm³/mol. The summed E-state index contributed by atoms with van der Waals surface area (Å²) in [5.41, 5.74) is 1.02. The average Bonchev–Trinajstić information content (AvgIpc) is 2.85. The lowest BCUT2D eigenvalue weighted by atomic mass is 9.90. The standard InChI is InChI=1S/C15H19N3OS/c1-4-13-17-18-14(20-13)16-11-9-15(2,3)19-12-8-6-5-7-10(11)12/h5-8,11H,4,9H2,1-3H3,(H,16,18). The van der Waals surface area contributed by atoms with Gasteiger partial charge in [-0.3, -0.25) is 0 Å². The molecule has 106 valence electrons. The van der Waals surface area contributed by atoms with Crippen molar-refractivity contribution in [3.63, 3.8) is 0 Å². The maximum absolute atomic E-state index is 6.04. The topological polar surface area (TPSA) is 47.0 Å². The number of benzene rings is 1. The van der Waals surface area contributed by atoms with Crippen LogP contribution in [-0.2, 0) is 6.42 Å². The maximum Gasteiger partial charge on any atom is 0.206 e.